The van der Waals surface area contributed by atoms with Crippen molar-refractivity contribution in [3.8, 4) is 22.5 Å². The zero-order chi connectivity index (χ0) is 22.9. The lowest BCUT2D eigenvalue weighted by atomic mass is 9.80. The first kappa shape index (κ1) is 19.8. The van der Waals surface area contributed by atoms with Crippen molar-refractivity contribution in [2.24, 2.45) is 0 Å². The maximum absolute atomic E-state index is 2.60. The first-order valence-electron chi connectivity index (χ1n) is 11.8. The van der Waals surface area contributed by atoms with Crippen LogP contribution in [0.2, 0.25) is 0 Å². The summed E-state index contributed by atoms with van der Waals surface area (Å²) in [6.07, 6.45) is 0. The van der Waals surface area contributed by atoms with E-state index >= 15 is 0 Å². The van der Waals surface area contributed by atoms with E-state index < -0.39 is 0 Å². The standard InChI is InChI=1S/C30H33N2/c1-16-17(2)19(4)31-27(18(16)3)20(5)32-28(31)23-15-25-22(14-26(23)30(32,8)9)21-12-10-11-13-24(21)29(25,6)7/h10-15H,1-9H3/q+1. The predicted molar refractivity (Wildman–Crippen MR) is 133 cm³/mol. The molecule has 1 aliphatic heterocycles. The molecule has 0 saturated heterocycles. The highest BCUT2D eigenvalue weighted by molar-refractivity contribution is 5.85. The van der Waals surface area contributed by atoms with Crippen LogP contribution >= 0.6 is 0 Å². The normalized spacial score (nSPS) is 16.8. The Balaban J connectivity index is 1.78. The summed E-state index contributed by atoms with van der Waals surface area (Å²) in [4.78, 5) is 0. The molecule has 0 bridgehead atoms. The minimum absolute atomic E-state index is 0.0120. The van der Waals surface area contributed by atoms with Crippen LogP contribution in [0.3, 0.4) is 0 Å². The molecule has 162 valence electrons. The summed E-state index contributed by atoms with van der Waals surface area (Å²) in [5.41, 5.74) is 16.8. The Hall–Kier alpha value is -2.87. The molecular formula is C30H33N2+. The zero-order valence-electron chi connectivity index (χ0n) is 20.9. The van der Waals surface area contributed by atoms with Gasteiger partial charge in [-0.25, -0.2) is 4.57 Å². The van der Waals surface area contributed by atoms with Crippen molar-refractivity contribution < 1.29 is 4.57 Å². The van der Waals surface area contributed by atoms with Gasteiger partial charge in [-0.2, -0.15) is 4.40 Å². The third-order valence-electron chi connectivity index (χ3n) is 8.86. The minimum Gasteiger partial charge on any atom is -0.217 e. The summed E-state index contributed by atoms with van der Waals surface area (Å²) >= 11 is 0. The number of imidazole rings is 1. The van der Waals surface area contributed by atoms with Crippen LogP contribution in [0.15, 0.2) is 36.4 Å². The van der Waals surface area contributed by atoms with E-state index in [4.69, 9.17) is 0 Å². The minimum atomic E-state index is -0.0990. The molecule has 6 rings (SSSR count). The van der Waals surface area contributed by atoms with Crippen molar-refractivity contribution in [3.63, 3.8) is 0 Å². The molecule has 2 aromatic heterocycles. The van der Waals surface area contributed by atoms with E-state index in [1.165, 1.54) is 72.8 Å². The van der Waals surface area contributed by atoms with Crippen molar-refractivity contribution in [2.75, 3.05) is 0 Å². The fourth-order valence-electron chi connectivity index (χ4n) is 6.78. The fraction of sp³-hybridized carbons (Fsp3) is 0.367. The van der Waals surface area contributed by atoms with Gasteiger partial charge in [0.05, 0.1) is 5.56 Å². The molecule has 0 fully saturated rings. The van der Waals surface area contributed by atoms with Gasteiger partial charge in [0.2, 0.25) is 0 Å². The van der Waals surface area contributed by atoms with Gasteiger partial charge in [0.1, 0.15) is 16.9 Å². The van der Waals surface area contributed by atoms with Crippen molar-refractivity contribution in [1.82, 2.24) is 4.40 Å². The number of benzene rings is 2. The van der Waals surface area contributed by atoms with E-state index in [2.05, 4.69) is 108 Å². The molecular weight excluding hydrogens is 388 g/mol. The van der Waals surface area contributed by atoms with Gasteiger partial charge in [-0.15, -0.1) is 0 Å². The third-order valence-corrected chi connectivity index (χ3v) is 8.86. The number of fused-ring (bicyclic) bond motifs is 8. The highest BCUT2D eigenvalue weighted by Crippen LogP contribution is 2.53. The van der Waals surface area contributed by atoms with Gasteiger partial charge in [-0.3, -0.25) is 0 Å². The summed E-state index contributed by atoms with van der Waals surface area (Å²) in [6.45, 7) is 20.9. The average molecular weight is 422 g/mol. The molecule has 3 heterocycles. The summed E-state index contributed by atoms with van der Waals surface area (Å²) in [5, 5.41) is 0. The zero-order valence-corrected chi connectivity index (χ0v) is 20.9. The molecule has 0 atom stereocenters. The van der Waals surface area contributed by atoms with Crippen molar-refractivity contribution >= 4 is 5.52 Å². The lowest BCUT2D eigenvalue weighted by molar-refractivity contribution is -0.735. The first-order valence-corrected chi connectivity index (χ1v) is 11.8. The van der Waals surface area contributed by atoms with Gasteiger partial charge in [0, 0.05) is 23.5 Å². The maximum atomic E-state index is 2.60. The predicted octanol–water partition coefficient (Wildman–Crippen LogP) is 6.84. The molecule has 0 unspecified atom stereocenters. The fourth-order valence-corrected chi connectivity index (χ4v) is 6.78. The lowest BCUT2D eigenvalue weighted by Gasteiger charge is -2.23. The van der Waals surface area contributed by atoms with Gasteiger partial charge in [0.25, 0.3) is 5.82 Å². The van der Waals surface area contributed by atoms with Crippen LogP contribution in [0.25, 0.3) is 28.0 Å². The van der Waals surface area contributed by atoms with Crippen LogP contribution in [0.4, 0.5) is 0 Å². The van der Waals surface area contributed by atoms with E-state index in [1.54, 1.807) is 0 Å². The number of pyridine rings is 1. The molecule has 0 N–H and O–H groups in total. The Labute approximate surface area is 191 Å². The van der Waals surface area contributed by atoms with Crippen LogP contribution in [0, 0.1) is 34.6 Å². The van der Waals surface area contributed by atoms with Gasteiger partial charge in [-0.1, -0.05) is 38.1 Å². The topological polar surface area (TPSA) is 8.29 Å². The molecule has 1 aliphatic carbocycles. The average Bonchev–Trinajstić information content (AvgIpc) is 3.28. The Morgan fingerprint density at radius 1 is 0.688 bits per heavy atom. The number of aromatic nitrogens is 2. The van der Waals surface area contributed by atoms with Crippen molar-refractivity contribution in [3.05, 3.63) is 81.2 Å². The smallest absolute Gasteiger partial charge is 0.217 e. The van der Waals surface area contributed by atoms with Crippen molar-refractivity contribution in [2.45, 2.75) is 73.3 Å². The monoisotopic (exact) mass is 421 g/mol. The molecule has 0 saturated carbocycles. The van der Waals surface area contributed by atoms with Gasteiger partial charge in [0.15, 0.2) is 5.52 Å². The van der Waals surface area contributed by atoms with E-state index in [1.807, 2.05) is 0 Å². The molecule has 0 amide bonds. The van der Waals surface area contributed by atoms with E-state index in [0.717, 1.165) is 0 Å². The Morgan fingerprint density at radius 2 is 1.34 bits per heavy atom. The molecule has 32 heavy (non-hydrogen) atoms. The number of rotatable bonds is 0. The number of hydrogen-bond acceptors (Lipinski definition) is 0. The van der Waals surface area contributed by atoms with E-state index in [0.29, 0.717) is 0 Å². The van der Waals surface area contributed by atoms with E-state index in [9.17, 15) is 0 Å². The highest BCUT2D eigenvalue weighted by Gasteiger charge is 2.49. The SMILES string of the molecule is Cc1c(C)c(C)n2c3[n+](c(C)c2c1C)C(C)(C)c1cc2c(cc1-3)C(C)(C)c1ccccc1-2. The molecule has 0 spiro atoms. The summed E-state index contributed by atoms with van der Waals surface area (Å²) in [7, 11) is 0. The second-order valence-electron chi connectivity index (χ2n) is 11.1. The lowest BCUT2D eigenvalue weighted by Crippen LogP contribution is -2.51. The van der Waals surface area contributed by atoms with Gasteiger partial charge in [-0.05, 0) is 87.1 Å². The van der Waals surface area contributed by atoms with E-state index in [-0.39, 0.29) is 11.0 Å². The summed E-state index contributed by atoms with van der Waals surface area (Å²) < 4.78 is 5.14. The Kier molecular flexibility index (Phi) is 3.54. The maximum Gasteiger partial charge on any atom is 0.295 e. The van der Waals surface area contributed by atoms with Crippen LogP contribution in [-0.2, 0) is 11.0 Å². The quantitative estimate of drug-likeness (QED) is 0.275. The second kappa shape index (κ2) is 5.73. The Morgan fingerprint density at radius 3 is 2.06 bits per heavy atom. The number of nitrogens with zero attached hydrogens (tertiary/aromatic N) is 2. The molecule has 2 nitrogen and oxygen atoms in total. The third kappa shape index (κ3) is 2.00. The molecule has 0 radical (unpaired) electrons. The summed E-state index contributed by atoms with van der Waals surface area (Å²) in [6, 6.07) is 14.0. The van der Waals surface area contributed by atoms with Crippen LogP contribution in [0.5, 0.6) is 0 Å². The van der Waals surface area contributed by atoms with Crippen molar-refractivity contribution in [1.29, 1.82) is 0 Å². The second-order valence-corrected chi connectivity index (χ2v) is 11.1. The molecule has 2 aromatic carbocycles. The highest BCUT2D eigenvalue weighted by atomic mass is 15.2. The summed E-state index contributed by atoms with van der Waals surface area (Å²) in [5.74, 6) is 1.34. The van der Waals surface area contributed by atoms with Gasteiger partial charge >= 0.3 is 0 Å². The molecule has 2 aliphatic rings. The van der Waals surface area contributed by atoms with Crippen LogP contribution < -0.4 is 4.57 Å². The number of hydrogen-bond donors (Lipinski definition) is 0. The van der Waals surface area contributed by atoms with Crippen LogP contribution in [0.1, 0.15) is 72.5 Å². The Bertz CT molecular complexity index is 1510. The van der Waals surface area contributed by atoms with Crippen LogP contribution in [-0.4, -0.2) is 4.40 Å². The largest absolute Gasteiger partial charge is 0.295 e. The molecule has 2 heteroatoms. The number of aryl methyl sites for hydroxylation is 3. The van der Waals surface area contributed by atoms with Gasteiger partial charge < -0.3 is 0 Å². The molecule has 4 aromatic rings. The first-order chi connectivity index (χ1) is 15.0.